The van der Waals surface area contributed by atoms with E-state index in [1.165, 1.54) is 0 Å². The maximum Gasteiger partial charge on any atom is 0.310 e. The van der Waals surface area contributed by atoms with E-state index in [0.717, 1.165) is 5.56 Å². The molecule has 0 radical (unpaired) electrons. The highest BCUT2D eigenvalue weighted by Gasteiger charge is 2.16. The Morgan fingerprint density at radius 2 is 1.65 bits per heavy atom. The van der Waals surface area contributed by atoms with Gasteiger partial charge in [-0.25, -0.2) is 8.42 Å². The molecule has 1 aromatic rings. The van der Waals surface area contributed by atoms with E-state index in [4.69, 9.17) is 4.74 Å². The van der Waals surface area contributed by atoms with E-state index in [2.05, 4.69) is 0 Å². The standard InChI is InChI=1S/C15H22O4S/c1-11(2)10-20(17,18)14-7-5-13(6-8-14)9-15(16)19-12(3)4/h5-8,11-12H,9-10H2,1-4H3. The molecule has 1 aromatic carbocycles. The third kappa shape index (κ3) is 5.33. The van der Waals surface area contributed by atoms with E-state index in [1.807, 2.05) is 13.8 Å². The van der Waals surface area contributed by atoms with Crippen molar-refractivity contribution in [1.82, 2.24) is 0 Å². The number of benzene rings is 1. The minimum atomic E-state index is -3.24. The quantitative estimate of drug-likeness (QED) is 0.757. The number of ether oxygens (including phenoxy) is 1. The molecule has 1 rings (SSSR count). The van der Waals surface area contributed by atoms with Gasteiger partial charge < -0.3 is 4.74 Å². The second kappa shape index (κ2) is 6.88. The summed E-state index contributed by atoms with van der Waals surface area (Å²) in [6, 6.07) is 6.43. The highest BCUT2D eigenvalue weighted by atomic mass is 32.2. The first-order chi connectivity index (χ1) is 9.20. The number of carbonyl (C=O) groups is 1. The van der Waals surface area contributed by atoms with Crippen LogP contribution >= 0.6 is 0 Å². The molecular weight excluding hydrogens is 276 g/mol. The molecule has 0 fully saturated rings. The molecule has 112 valence electrons. The largest absolute Gasteiger partial charge is 0.463 e. The number of rotatable bonds is 6. The molecule has 0 unspecified atom stereocenters. The van der Waals surface area contributed by atoms with E-state index >= 15 is 0 Å². The zero-order chi connectivity index (χ0) is 15.3. The van der Waals surface area contributed by atoms with Crippen LogP contribution in [0.1, 0.15) is 33.3 Å². The smallest absolute Gasteiger partial charge is 0.310 e. The SMILES string of the molecule is CC(C)CS(=O)(=O)c1ccc(CC(=O)OC(C)C)cc1. The van der Waals surface area contributed by atoms with Crippen molar-refractivity contribution in [3.63, 3.8) is 0 Å². The van der Waals surface area contributed by atoms with Crippen LogP contribution in [0.2, 0.25) is 0 Å². The molecule has 20 heavy (non-hydrogen) atoms. The summed E-state index contributed by atoms with van der Waals surface area (Å²) in [6.07, 6.45) is 0.0103. The molecule has 4 nitrogen and oxygen atoms in total. The van der Waals surface area contributed by atoms with Crippen molar-refractivity contribution >= 4 is 15.8 Å². The summed E-state index contributed by atoms with van der Waals surface area (Å²) in [5, 5.41) is 0. The molecule has 0 aliphatic heterocycles. The molecule has 5 heteroatoms. The molecule has 0 heterocycles. The zero-order valence-corrected chi connectivity index (χ0v) is 13.2. The molecular formula is C15H22O4S. The van der Waals surface area contributed by atoms with Gasteiger partial charge in [0.15, 0.2) is 9.84 Å². The minimum Gasteiger partial charge on any atom is -0.463 e. The van der Waals surface area contributed by atoms with E-state index < -0.39 is 9.84 Å². The normalized spacial score (nSPS) is 11.9. The Balaban J connectivity index is 2.77. The fourth-order valence-corrected chi connectivity index (χ4v) is 3.44. The van der Waals surface area contributed by atoms with Gasteiger partial charge in [0.25, 0.3) is 0 Å². The van der Waals surface area contributed by atoms with Gasteiger partial charge >= 0.3 is 5.97 Å². The number of esters is 1. The van der Waals surface area contributed by atoms with Crippen molar-refractivity contribution in [2.24, 2.45) is 5.92 Å². The van der Waals surface area contributed by atoms with Crippen LogP contribution in [0, 0.1) is 5.92 Å². The maximum absolute atomic E-state index is 12.0. The summed E-state index contributed by atoms with van der Waals surface area (Å²) in [5.41, 5.74) is 0.749. The number of hydrogen-bond donors (Lipinski definition) is 0. The lowest BCUT2D eigenvalue weighted by atomic mass is 10.1. The summed E-state index contributed by atoms with van der Waals surface area (Å²) in [6.45, 7) is 7.32. The summed E-state index contributed by atoms with van der Waals surface area (Å²) >= 11 is 0. The number of sulfone groups is 1. The predicted octanol–water partition coefficient (Wildman–Crippen LogP) is 2.61. The molecule has 0 aromatic heterocycles. The second-order valence-electron chi connectivity index (χ2n) is 5.53. The van der Waals surface area contributed by atoms with Gasteiger partial charge in [-0.3, -0.25) is 4.79 Å². The van der Waals surface area contributed by atoms with Gasteiger partial charge in [0.1, 0.15) is 0 Å². The lowest BCUT2D eigenvalue weighted by molar-refractivity contribution is -0.146. The van der Waals surface area contributed by atoms with Crippen LogP contribution in [-0.2, 0) is 25.8 Å². The van der Waals surface area contributed by atoms with E-state index in [9.17, 15) is 13.2 Å². The number of hydrogen-bond acceptors (Lipinski definition) is 4. The van der Waals surface area contributed by atoms with Crippen molar-refractivity contribution in [1.29, 1.82) is 0 Å². The van der Waals surface area contributed by atoms with Crippen LogP contribution in [0.3, 0.4) is 0 Å². The van der Waals surface area contributed by atoms with Gasteiger partial charge in [0, 0.05) is 0 Å². The molecule has 0 spiro atoms. The van der Waals surface area contributed by atoms with Gasteiger partial charge in [0.05, 0.1) is 23.2 Å². The van der Waals surface area contributed by atoms with Crippen molar-refractivity contribution in [3.8, 4) is 0 Å². The molecule has 0 N–H and O–H groups in total. The van der Waals surface area contributed by atoms with Crippen LogP contribution in [0.15, 0.2) is 29.2 Å². The van der Waals surface area contributed by atoms with E-state index in [1.54, 1.807) is 38.1 Å². The van der Waals surface area contributed by atoms with Crippen LogP contribution in [0.25, 0.3) is 0 Å². The Morgan fingerprint density at radius 1 is 1.10 bits per heavy atom. The topological polar surface area (TPSA) is 60.4 Å². The average molecular weight is 298 g/mol. The fraction of sp³-hybridized carbons (Fsp3) is 0.533. The van der Waals surface area contributed by atoms with Gasteiger partial charge in [-0.05, 0) is 37.5 Å². The van der Waals surface area contributed by atoms with Crippen molar-refractivity contribution in [2.45, 2.75) is 45.1 Å². The van der Waals surface area contributed by atoms with Crippen molar-refractivity contribution < 1.29 is 17.9 Å². The zero-order valence-electron chi connectivity index (χ0n) is 12.4. The molecule has 0 saturated heterocycles. The third-order valence-electron chi connectivity index (χ3n) is 2.55. The summed E-state index contributed by atoms with van der Waals surface area (Å²) in [7, 11) is -3.24. The molecule has 0 aliphatic rings. The predicted molar refractivity (Wildman–Crippen MR) is 78.3 cm³/mol. The number of carbonyl (C=O) groups excluding carboxylic acids is 1. The lowest BCUT2D eigenvalue weighted by Crippen LogP contribution is -2.14. The highest BCUT2D eigenvalue weighted by Crippen LogP contribution is 2.15. The lowest BCUT2D eigenvalue weighted by Gasteiger charge is -2.09. The third-order valence-corrected chi connectivity index (χ3v) is 4.65. The summed E-state index contributed by atoms with van der Waals surface area (Å²) in [5.74, 6) is -0.0969. The van der Waals surface area contributed by atoms with Crippen LogP contribution < -0.4 is 0 Å². The van der Waals surface area contributed by atoms with Crippen molar-refractivity contribution in [2.75, 3.05) is 5.75 Å². The van der Waals surface area contributed by atoms with Gasteiger partial charge in [0.2, 0.25) is 0 Å². The minimum absolute atomic E-state index is 0.0840. The summed E-state index contributed by atoms with van der Waals surface area (Å²) < 4.78 is 29.1. The Hall–Kier alpha value is -1.36. The molecule has 0 atom stereocenters. The maximum atomic E-state index is 12.0. The van der Waals surface area contributed by atoms with Crippen LogP contribution in [-0.4, -0.2) is 26.2 Å². The molecule has 0 bridgehead atoms. The van der Waals surface area contributed by atoms with E-state index in [-0.39, 0.29) is 30.2 Å². The Kier molecular flexibility index (Phi) is 5.74. The van der Waals surface area contributed by atoms with Crippen LogP contribution in [0.4, 0.5) is 0 Å². The van der Waals surface area contributed by atoms with Crippen molar-refractivity contribution in [3.05, 3.63) is 29.8 Å². The Labute approximate surface area is 121 Å². The first-order valence-electron chi connectivity index (χ1n) is 6.72. The average Bonchev–Trinajstić information content (AvgIpc) is 2.26. The monoisotopic (exact) mass is 298 g/mol. The van der Waals surface area contributed by atoms with E-state index in [0.29, 0.717) is 4.90 Å². The molecule has 0 amide bonds. The first-order valence-corrected chi connectivity index (χ1v) is 8.37. The van der Waals surface area contributed by atoms with Gasteiger partial charge in [-0.15, -0.1) is 0 Å². The van der Waals surface area contributed by atoms with Gasteiger partial charge in [-0.1, -0.05) is 26.0 Å². The second-order valence-corrected chi connectivity index (χ2v) is 7.57. The highest BCUT2D eigenvalue weighted by molar-refractivity contribution is 7.91. The summed E-state index contributed by atoms with van der Waals surface area (Å²) in [4.78, 5) is 11.8. The first kappa shape index (κ1) is 16.7. The fourth-order valence-electron chi connectivity index (χ4n) is 1.82. The Bertz CT molecular complexity index is 542. The van der Waals surface area contributed by atoms with Crippen LogP contribution in [0.5, 0.6) is 0 Å². The molecule has 0 aliphatic carbocycles. The Morgan fingerprint density at radius 3 is 2.10 bits per heavy atom. The molecule has 0 saturated carbocycles. The van der Waals surface area contributed by atoms with Gasteiger partial charge in [-0.2, -0.15) is 0 Å².